The Kier molecular flexibility index (Phi) is 4.66. The fourth-order valence-electron chi connectivity index (χ4n) is 1.81. The van der Waals surface area contributed by atoms with Gasteiger partial charge in [-0.25, -0.2) is 0 Å². The number of benzene rings is 2. The van der Waals surface area contributed by atoms with Crippen LogP contribution in [0.2, 0.25) is 5.02 Å². The van der Waals surface area contributed by atoms with E-state index in [0.29, 0.717) is 23.9 Å². The van der Waals surface area contributed by atoms with E-state index in [1.54, 1.807) is 24.3 Å². The molecule has 0 heterocycles. The molecule has 0 radical (unpaired) electrons. The third kappa shape index (κ3) is 3.88. The Balaban J connectivity index is 2.01. The summed E-state index contributed by atoms with van der Waals surface area (Å²) >= 11 is 5.86. The average Bonchev–Trinajstić information content (AvgIpc) is 2.41. The lowest BCUT2D eigenvalue weighted by atomic mass is 10.0. The van der Waals surface area contributed by atoms with Crippen molar-refractivity contribution in [3.05, 3.63) is 59.1 Å². The molecule has 0 spiro atoms. The largest absolute Gasteiger partial charge is 0.508 e. The van der Waals surface area contributed by atoms with Crippen molar-refractivity contribution in [3.63, 3.8) is 0 Å². The van der Waals surface area contributed by atoms with Crippen LogP contribution >= 0.6 is 11.6 Å². The highest BCUT2D eigenvalue weighted by molar-refractivity contribution is 6.30. The molecule has 0 aliphatic carbocycles. The number of phenols is 1. The summed E-state index contributed by atoms with van der Waals surface area (Å²) in [7, 11) is 0. The maximum absolute atomic E-state index is 9.36. The molecule has 0 aliphatic rings. The van der Waals surface area contributed by atoms with Crippen molar-refractivity contribution in [2.45, 2.75) is 5.92 Å². The SMILES string of the molecule is NCC(COc1cccc(O)c1)c1ccc(Cl)cc1. The van der Waals surface area contributed by atoms with E-state index in [-0.39, 0.29) is 11.7 Å². The first kappa shape index (κ1) is 13.7. The molecule has 3 nitrogen and oxygen atoms in total. The molecule has 2 aromatic rings. The topological polar surface area (TPSA) is 55.5 Å². The molecule has 0 amide bonds. The van der Waals surface area contributed by atoms with Crippen LogP contribution in [0.4, 0.5) is 0 Å². The van der Waals surface area contributed by atoms with Gasteiger partial charge in [-0.15, -0.1) is 0 Å². The van der Waals surface area contributed by atoms with Crippen molar-refractivity contribution in [1.29, 1.82) is 0 Å². The molecule has 0 saturated heterocycles. The van der Waals surface area contributed by atoms with Gasteiger partial charge in [0.25, 0.3) is 0 Å². The van der Waals surface area contributed by atoms with Crippen molar-refractivity contribution in [2.75, 3.05) is 13.2 Å². The third-order valence-electron chi connectivity index (χ3n) is 2.89. The predicted molar refractivity (Wildman–Crippen MR) is 76.8 cm³/mol. The van der Waals surface area contributed by atoms with Gasteiger partial charge in [0.05, 0.1) is 6.61 Å². The summed E-state index contributed by atoms with van der Waals surface area (Å²) in [5.41, 5.74) is 6.86. The smallest absolute Gasteiger partial charge is 0.123 e. The molecule has 4 heteroatoms. The second kappa shape index (κ2) is 6.45. The lowest BCUT2D eigenvalue weighted by Crippen LogP contribution is -2.19. The lowest BCUT2D eigenvalue weighted by Gasteiger charge is -2.16. The van der Waals surface area contributed by atoms with Gasteiger partial charge in [-0.1, -0.05) is 29.8 Å². The molecule has 0 bridgehead atoms. The van der Waals surface area contributed by atoms with Gasteiger partial charge in [-0.3, -0.25) is 0 Å². The Bertz CT molecular complexity index is 528. The van der Waals surface area contributed by atoms with Gasteiger partial charge in [-0.05, 0) is 29.8 Å². The third-order valence-corrected chi connectivity index (χ3v) is 3.15. The van der Waals surface area contributed by atoms with Gasteiger partial charge in [0, 0.05) is 23.6 Å². The molecule has 0 aromatic heterocycles. The first-order valence-electron chi connectivity index (χ1n) is 6.06. The molecule has 0 fully saturated rings. The quantitative estimate of drug-likeness (QED) is 0.883. The van der Waals surface area contributed by atoms with E-state index < -0.39 is 0 Å². The van der Waals surface area contributed by atoms with Gasteiger partial charge in [-0.2, -0.15) is 0 Å². The summed E-state index contributed by atoms with van der Waals surface area (Å²) in [6.07, 6.45) is 0. The van der Waals surface area contributed by atoms with Crippen LogP contribution in [0.15, 0.2) is 48.5 Å². The summed E-state index contributed by atoms with van der Waals surface area (Å²) in [5.74, 6) is 0.917. The first-order valence-corrected chi connectivity index (χ1v) is 6.44. The number of phenolic OH excluding ortho intramolecular Hbond substituents is 1. The summed E-state index contributed by atoms with van der Waals surface area (Å²) < 4.78 is 5.65. The van der Waals surface area contributed by atoms with E-state index in [9.17, 15) is 5.11 Å². The van der Waals surface area contributed by atoms with Gasteiger partial charge < -0.3 is 15.6 Å². The number of hydrogen-bond acceptors (Lipinski definition) is 3. The van der Waals surface area contributed by atoms with E-state index in [1.165, 1.54) is 0 Å². The van der Waals surface area contributed by atoms with Gasteiger partial charge in [0.1, 0.15) is 11.5 Å². The highest BCUT2D eigenvalue weighted by atomic mass is 35.5. The zero-order valence-electron chi connectivity index (χ0n) is 10.4. The molecular weight excluding hydrogens is 262 g/mol. The second-order valence-electron chi connectivity index (χ2n) is 4.29. The number of hydrogen-bond donors (Lipinski definition) is 2. The summed E-state index contributed by atoms with van der Waals surface area (Å²) in [4.78, 5) is 0. The minimum absolute atomic E-state index is 0.0969. The summed E-state index contributed by atoms with van der Waals surface area (Å²) in [6, 6.07) is 14.3. The number of aromatic hydroxyl groups is 1. The highest BCUT2D eigenvalue weighted by Gasteiger charge is 2.10. The molecule has 19 heavy (non-hydrogen) atoms. The fourth-order valence-corrected chi connectivity index (χ4v) is 1.93. The van der Waals surface area contributed by atoms with Gasteiger partial charge in [0.2, 0.25) is 0 Å². The molecule has 2 rings (SSSR count). The molecular formula is C15H16ClNO2. The number of halogens is 1. The Morgan fingerprint density at radius 1 is 1.16 bits per heavy atom. The Morgan fingerprint density at radius 2 is 1.89 bits per heavy atom. The van der Waals surface area contributed by atoms with Crippen LogP contribution in [-0.4, -0.2) is 18.3 Å². The zero-order valence-corrected chi connectivity index (χ0v) is 11.2. The highest BCUT2D eigenvalue weighted by Crippen LogP contribution is 2.22. The van der Waals surface area contributed by atoms with Crippen LogP contribution in [0, 0.1) is 0 Å². The number of nitrogens with two attached hydrogens (primary N) is 1. The van der Waals surface area contributed by atoms with Crippen molar-refractivity contribution in [1.82, 2.24) is 0 Å². The Hall–Kier alpha value is -1.71. The van der Waals surface area contributed by atoms with Crippen molar-refractivity contribution >= 4 is 11.6 Å². The van der Waals surface area contributed by atoms with Crippen LogP contribution in [0.1, 0.15) is 11.5 Å². The average molecular weight is 278 g/mol. The van der Waals surface area contributed by atoms with E-state index in [2.05, 4.69) is 0 Å². The normalized spacial score (nSPS) is 12.1. The molecule has 0 aliphatic heterocycles. The second-order valence-corrected chi connectivity index (χ2v) is 4.73. The fraction of sp³-hybridized carbons (Fsp3) is 0.200. The number of ether oxygens (including phenoxy) is 1. The van der Waals surface area contributed by atoms with Crippen LogP contribution in [-0.2, 0) is 0 Å². The molecule has 2 aromatic carbocycles. The van der Waals surface area contributed by atoms with Crippen molar-refractivity contribution in [3.8, 4) is 11.5 Å². The standard InChI is InChI=1S/C15H16ClNO2/c16-13-6-4-11(5-7-13)12(9-17)10-19-15-3-1-2-14(18)8-15/h1-8,12,18H,9-10,17H2. The molecule has 0 saturated carbocycles. The Morgan fingerprint density at radius 3 is 2.53 bits per heavy atom. The van der Waals surface area contributed by atoms with Crippen molar-refractivity contribution in [2.24, 2.45) is 5.73 Å². The lowest BCUT2D eigenvalue weighted by molar-refractivity contribution is 0.289. The van der Waals surface area contributed by atoms with Gasteiger partial charge in [0.15, 0.2) is 0 Å². The summed E-state index contributed by atoms with van der Waals surface area (Å²) in [6.45, 7) is 0.946. The Labute approximate surface area is 117 Å². The van der Waals surface area contributed by atoms with E-state index >= 15 is 0 Å². The molecule has 1 atom stereocenters. The zero-order chi connectivity index (χ0) is 13.7. The van der Waals surface area contributed by atoms with E-state index in [4.69, 9.17) is 22.1 Å². The molecule has 3 N–H and O–H groups in total. The monoisotopic (exact) mass is 277 g/mol. The molecule has 1 unspecified atom stereocenters. The minimum Gasteiger partial charge on any atom is -0.508 e. The van der Waals surface area contributed by atoms with Crippen LogP contribution < -0.4 is 10.5 Å². The van der Waals surface area contributed by atoms with Gasteiger partial charge >= 0.3 is 0 Å². The maximum atomic E-state index is 9.36. The van der Waals surface area contributed by atoms with Crippen LogP contribution in [0.5, 0.6) is 11.5 Å². The minimum atomic E-state index is 0.0969. The van der Waals surface area contributed by atoms with Crippen LogP contribution in [0.3, 0.4) is 0 Å². The van der Waals surface area contributed by atoms with Crippen molar-refractivity contribution < 1.29 is 9.84 Å². The maximum Gasteiger partial charge on any atom is 0.123 e. The first-order chi connectivity index (χ1) is 9.19. The molecule has 100 valence electrons. The predicted octanol–water partition coefficient (Wildman–Crippen LogP) is 3.17. The number of rotatable bonds is 5. The van der Waals surface area contributed by atoms with Crippen LogP contribution in [0.25, 0.3) is 0 Å². The summed E-state index contributed by atoms with van der Waals surface area (Å²) in [5, 5.41) is 10.1. The van der Waals surface area contributed by atoms with E-state index in [0.717, 1.165) is 5.56 Å². The van der Waals surface area contributed by atoms with E-state index in [1.807, 2.05) is 24.3 Å².